The molecule has 0 aliphatic heterocycles. The lowest BCUT2D eigenvalue weighted by Crippen LogP contribution is -2.47. The van der Waals surface area contributed by atoms with Crippen LogP contribution in [-0.4, -0.2) is 27.8 Å². The van der Waals surface area contributed by atoms with Crippen LogP contribution in [0.4, 0.5) is 5.69 Å². The molecule has 1 aliphatic carbocycles. The van der Waals surface area contributed by atoms with Crippen LogP contribution in [0.3, 0.4) is 0 Å². The summed E-state index contributed by atoms with van der Waals surface area (Å²) < 4.78 is 0. The molecule has 0 spiro atoms. The molecule has 2 amide bonds. The topological polar surface area (TPSA) is 139 Å². The Balaban J connectivity index is 2.00. The van der Waals surface area contributed by atoms with Crippen molar-refractivity contribution in [2.24, 2.45) is 11.8 Å². The molecule has 0 saturated carbocycles. The summed E-state index contributed by atoms with van der Waals surface area (Å²) in [7, 11) is 0. The number of nitrogens with one attached hydrogen (secondary N) is 2. The van der Waals surface area contributed by atoms with E-state index >= 15 is 0 Å². The number of aryl methyl sites for hydroxylation is 1. The Morgan fingerprint density at radius 3 is 2.36 bits per heavy atom. The minimum Gasteiger partial charge on any atom is -0.481 e. The van der Waals surface area contributed by atoms with Crippen LogP contribution in [0.2, 0.25) is 0 Å². The number of hydrogen-bond acceptors (Lipinski definition) is 5. The third-order valence-corrected chi connectivity index (χ3v) is 4.04. The highest BCUT2D eigenvalue weighted by molar-refractivity contribution is 5.96. The highest BCUT2D eigenvalue weighted by atomic mass is 16.6. The van der Waals surface area contributed by atoms with Gasteiger partial charge in [0.25, 0.3) is 11.6 Å². The van der Waals surface area contributed by atoms with Crippen molar-refractivity contribution in [3.63, 3.8) is 0 Å². The van der Waals surface area contributed by atoms with E-state index in [0.29, 0.717) is 5.56 Å². The molecule has 3 N–H and O–H groups in total. The van der Waals surface area contributed by atoms with Gasteiger partial charge >= 0.3 is 5.97 Å². The third-order valence-electron chi connectivity index (χ3n) is 4.04. The van der Waals surface area contributed by atoms with Crippen molar-refractivity contribution < 1.29 is 24.4 Å². The Morgan fingerprint density at radius 2 is 1.80 bits per heavy atom. The Morgan fingerprint density at radius 1 is 1.16 bits per heavy atom. The van der Waals surface area contributed by atoms with E-state index in [9.17, 15) is 24.5 Å². The zero-order chi connectivity index (χ0) is 18.6. The Labute approximate surface area is 142 Å². The Hall–Kier alpha value is -3.23. The molecule has 25 heavy (non-hydrogen) atoms. The molecule has 9 heteroatoms. The van der Waals surface area contributed by atoms with Crippen LogP contribution < -0.4 is 10.9 Å². The van der Waals surface area contributed by atoms with Gasteiger partial charge in [0.1, 0.15) is 0 Å². The van der Waals surface area contributed by atoms with Crippen molar-refractivity contribution in [3.05, 3.63) is 51.6 Å². The van der Waals surface area contributed by atoms with Crippen molar-refractivity contribution in [1.82, 2.24) is 10.9 Å². The molecule has 0 heterocycles. The van der Waals surface area contributed by atoms with E-state index in [0.717, 1.165) is 0 Å². The van der Waals surface area contributed by atoms with E-state index < -0.39 is 34.5 Å². The third kappa shape index (κ3) is 4.19. The Bertz CT molecular complexity index is 758. The molecule has 0 radical (unpaired) electrons. The van der Waals surface area contributed by atoms with E-state index in [2.05, 4.69) is 10.9 Å². The van der Waals surface area contributed by atoms with Crippen LogP contribution in [0, 0.1) is 28.9 Å². The fraction of sp³-hybridized carbons (Fsp3) is 0.312. The zero-order valence-corrected chi connectivity index (χ0v) is 13.4. The van der Waals surface area contributed by atoms with Crippen LogP contribution in [0.1, 0.15) is 28.8 Å². The van der Waals surface area contributed by atoms with Gasteiger partial charge in [-0.05, 0) is 31.9 Å². The molecule has 132 valence electrons. The second kappa shape index (κ2) is 7.56. The summed E-state index contributed by atoms with van der Waals surface area (Å²) in [6.45, 7) is 1.50. The van der Waals surface area contributed by atoms with Gasteiger partial charge < -0.3 is 5.11 Å². The summed E-state index contributed by atoms with van der Waals surface area (Å²) in [5.74, 6) is -3.93. The first-order valence-corrected chi connectivity index (χ1v) is 7.54. The predicted molar refractivity (Wildman–Crippen MR) is 86.4 cm³/mol. The number of hydrazine groups is 1. The standard InChI is InChI=1S/C16H17N3O6/c1-9-8-10(6-7-13(9)19(24)25)14(20)17-18-15(21)11-4-2-3-5-12(11)16(22)23/h2-3,6-8,11-12H,4-5H2,1H3,(H,17,20)(H,18,21)(H,22,23)/t11-,12+/m1/s1. The first kappa shape index (κ1) is 18.1. The maximum absolute atomic E-state index is 12.1. The van der Waals surface area contributed by atoms with Crippen molar-refractivity contribution in [3.8, 4) is 0 Å². The van der Waals surface area contributed by atoms with Gasteiger partial charge in [0.2, 0.25) is 5.91 Å². The van der Waals surface area contributed by atoms with Crippen molar-refractivity contribution in [2.45, 2.75) is 19.8 Å². The lowest BCUT2D eigenvalue weighted by Gasteiger charge is -2.24. The van der Waals surface area contributed by atoms with Crippen LogP contribution in [-0.2, 0) is 9.59 Å². The average Bonchev–Trinajstić information content (AvgIpc) is 2.58. The number of carbonyl (C=O) groups is 3. The van der Waals surface area contributed by atoms with Gasteiger partial charge in [-0.3, -0.25) is 35.3 Å². The van der Waals surface area contributed by atoms with Gasteiger partial charge in [-0.15, -0.1) is 0 Å². The van der Waals surface area contributed by atoms with Gasteiger partial charge in [-0.1, -0.05) is 12.2 Å². The maximum Gasteiger partial charge on any atom is 0.307 e. The summed E-state index contributed by atoms with van der Waals surface area (Å²) in [5.41, 5.74) is 4.77. The molecule has 1 aromatic carbocycles. The van der Waals surface area contributed by atoms with E-state index in [4.69, 9.17) is 5.11 Å². The second-order valence-corrected chi connectivity index (χ2v) is 5.70. The number of nitrogens with zero attached hydrogens (tertiary/aromatic N) is 1. The molecule has 0 saturated heterocycles. The molecular weight excluding hydrogens is 330 g/mol. The molecule has 1 aromatic rings. The Kier molecular flexibility index (Phi) is 5.48. The monoisotopic (exact) mass is 347 g/mol. The van der Waals surface area contributed by atoms with Gasteiger partial charge in [0.15, 0.2) is 0 Å². The number of rotatable bonds is 4. The molecular formula is C16H17N3O6. The number of aliphatic carboxylic acids is 1. The quantitative estimate of drug-likeness (QED) is 0.427. The molecule has 9 nitrogen and oxygen atoms in total. The van der Waals surface area contributed by atoms with Gasteiger partial charge in [-0.25, -0.2) is 0 Å². The minimum absolute atomic E-state index is 0.112. The number of benzene rings is 1. The number of amides is 2. The normalized spacial score (nSPS) is 19.1. The summed E-state index contributed by atoms with van der Waals surface area (Å²) in [5, 5.41) is 19.9. The van der Waals surface area contributed by atoms with E-state index in [-0.39, 0.29) is 24.1 Å². The van der Waals surface area contributed by atoms with Crippen LogP contribution in [0.25, 0.3) is 0 Å². The number of nitro groups is 1. The highest BCUT2D eigenvalue weighted by Gasteiger charge is 2.34. The van der Waals surface area contributed by atoms with Crippen LogP contribution in [0.15, 0.2) is 30.4 Å². The molecule has 0 bridgehead atoms. The summed E-state index contributed by atoms with van der Waals surface area (Å²) in [6, 6.07) is 3.82. The minimum atomic E-state index is -1.07. The first-order chi connectivity index (χ1) is 11.8. The van der Waals surface area contributed by atoms with Crippen LogP contribution in [0.5, 0.6) is 0 Å². The SMILES string of the molecule is Cc1cc(C(=O)NNC(=O)[C@@H]2CC=CC[C@@H]2C(=O)O)ccc1[N+](=O)[O-]. The molecule has 0 aromatic heterocycles. The maximum atomic E-state index is 12.1. The van der Waals surface area contributed by atoms with Gasteiger partial charge in [-0.2, -0.15) is 0 Å². The zero-order valence-electron chi connectivity index (χ0n) is 13.4. The summed E-state index contributed by atoms with van der Waals surface area (Å²) in [6.07, 6.45) is 3.96. The number of carbonyl (C=O) groups excluding carboxylic acids is 2. The fourth-order valence-electron chi connectivity index (χ4n) is 2.66. The first-order valence-electron chi connectivity index (χ1n) is 7.54. The summed E-state index contributed by atoms with van der Waals surface area (Å²) in [4.78, 5) is 45.6. The predicted octanol–water partition coefficient (Wildman–Crippen LogP) is 1.33. The largest absolute Gasteiger partial charge is 0.481 e. The number of hydrogen-bond donors (Lipinski definition) is 3. The smallest absolute Gasteiger partial charge is 0.307 e. The van der Waals surface area contributed by atoms with Crippen molar-refractivity contribution in [2.75, 3.05) is 0 Å². The molecule has 1 aliphatic rings. The van der Waals surface area contributed by atoms with Crippen molar-refractivity contribution in [1.29, 1.82) is 0 Å². The lowest BCUT2D eigenvalue weighted by molar-refractivity contribution is -0.385. The number of carboxylic acids is 1. The van der Waals surface area contributed by atoms with Crippen molar-refractivity contribution >= 4 is 23.5 Å². The fourth-order valence-corrected chi connectivity index (χ4v) is 2.66. The number of carboxylic acid groups (broad SMARTS) is 1. The molecule has 0 unspecified atom stereocenters. The molecule has 0 fully saturated rings. The summed E-state index contributed by atoms with van der Waals surface area (Å²) >= 11 is 0. The molecule has 2 atom stereocenters. The number of allylic oxidation sites excluding steroid dienone is 2. The molecule has 2 rings (SSSR count). The van der Waals surface area contributed by atoms with Crippen LogP contribution >= 0.6 is 0 Å². The highest BCUT2D eigenvalue weighted by Crippen LogP contribution is 2.25. The van der Waals surface area contributed by atoms with E-state index in [1.807, 2.05) is 0 Å². The van der Waals surface area contributed by atoms with E-state index in [1.54, 1.807) is 12.2 Å². The average molecular weight is 347 g/mol. The van der Waals surface area contributed by atoms with E-state index in [1.165, 1.54) is 25.1 Å². The number of nitro benzene ring substituents is 1. The van der Waals surface area contributed by atoms with Gasteiger partial charge in [0.05, 0.1) is 16.8 Å². The second-order valence-electron chi connectivity index (χ2n) is 5.70. The van der Waals surface area contributed by atoms with Gasteiger partial charge in [0, 0.05) is 17.2 Å². The lowest BCUT2D eigenvalue weighted by atomic mass is 9.82.